The van der Waals surface area contributed by atoms with Crippen molar-refractivity contribution in [1.29, 1.82) is 0 Å². The Balaban J connectivity index is 2.75. The van der Waals surface area contributed by atoms with Crippen LogP contribution in [0.25, 0.3) is 0 Å². The van der Waals surface area contributed by atoms with Crippen molar-refractivity contribution in [2.75, 3.05) is 18.9 Å². The standard InChI is InChI=1S/C19H28N2O5/c1-18(2,3)25-15(22)12-21(7)16(23)13-9-8-10-14(11-13)20-17(24)26-19(4,5)6/h8-11H,12H2,1-7H3,(H,20,24). The lowest BCUT2D eigenvalue weighted by molar-refractivity contribution is -0.155. The molecule has 0 unspecified atom stereocenters. The summed E-state index contributed by atoms with van der Waals surface area (Å²) < 4.78 is 10.4. The molecule has 0 aliphatic rings. The van der Waals surface area contributed by atoms with E-state index in [1.807, 2.05) is 0 Å². The van der Waals surface area contributed by atoms with Gasteiger partial charge in [0.15, 0.2) is 0 Å². The second-order valence-electron chi connectivity index (χ2n) is 7.96. The van der Waals surface area contributed by atoms with Crippen LogP contribution in [0.1, 0.15) is 51.9 Å². The van der Waals surface area contributed by atoms with Crippen LogP contribution in [0.3, 0.4) is 0 Å². The van der Waals surface area contributed by atoms with Gasteiger partial charge in [0.05, 0.1) is 0 Å². The van der Waals surface area contributed by atoms with Crippen molar-refractivity contribution in [3.63, 3.8) is 0 Å². The molecule has 1 aromatic rings. The van der Waals surface area contributed by atoms with Gasteiger partial charge in [-0.25, -0.2) is 4.79 Å². The maximum atomic E-state index is 12.5. The van der Waals surface area contributed by atoms with Crippen LogP contribution in [0.2, 0.25) is 0 Å². The maximum Gasteiger partial charge on any atom is 0.412 e. The third-order valence-corrected chi connectivity index (χ3v) is 2.89. The largest absolute Gasteiger partial charge is 0.459 e. The number of likely N-dealkylation sites (N-methyl/N-ethyl adjacent to an activating group) is 1. The van der Waals surface area contributed by atoms with Gasteiger partial charge in [-0.15, -0.1) is 0 Å². The lowest BCUT2D eigenvalue weighted by atomic mass is 10.1. The van der Waals surface area contributed by atoms with Gasteiger partial charge in [0.1, 0.15) is 17.7 Å². The van der Waals surface area contributed by atoms with E-state index in [4.69, 9.17) is 9.47 Å². The molecule has 1 rings (SSSR count). The molecule has 0 radical (unpaired) electrons. The van der Waals surface area contributed by atoms with Crippen LogP contribution >= 0.6 is 0 Å². The molecule has 0 heterocycles. The minimum atomic E-state index is -0.620. The molecule has 0 bridgehead atoms. The number of nitrogens with one attached hydrogen (secondary N) is 1. The predicted octanol–water partition coefficient (Wildman–Crippen LogP) is 3.45. The molecule has 0 spiro atoms. The Hall–Kier alpha value is -2.57. The summed E-state index contributed by atoms with van der Waals surface area (Å²) in [6.45, 7) is 10.4. The average Bonchev–Trinajstić information content (AvgIpc) is 2.42. The van der Waals surface area contributed by atoms with Crippen molar-refractivity contribution in [1.82, 2.24) is 4.90 Å². The van der Waals surface area contributed by atoms with Crippen LogP contribution in [0, 0.1) is 0 Å². The highest BCUT2D eigenvalue weighted by atomic mass is 16.6. The van der Waals surface area contributed by atoms with Gasteiger partial charge in [0, 0.05) is 18.3 Å². The molecule has 0 saturated heterocycles. The molecule has 7 heteroatoms. The van der Waals surface area contributed by atoms with E-state index in [0.29, 0.717) is 11.3 Å². The zero-order valence-electron chi connectivity index (χ0n) is 16.5. The normalized spacial score (nSPS) is 11.5. The number of amides is 2. The van der Waals surface area contributed by atoms with E-state index in [2.05, 4.69) is 5.32 Å². The van der Waals surface area contributed by atoms with Crippen molar-refractivity contribution in [2.24, 2.45) is 0 Å². The molecule has 0 atom stereocenters. The first-order valence-corrected chi connectivity index (χ1v) is 8.34. The molecule has 26 heavy (non-hydrogen) atoms. The Morgan fingerprint density at radius 2 is 1.58 bits per heavy atom. The molecule has 0 aliphatic carbocycles. The van der Waals surface area contributed by atoms with Gasteiger partial charge in [0.2, 0.25) is 0 Å². The Bertz CT molecular complexity index is 671. The van der Waals surface area contributed by atoms with Crippen LogP contribution in [0.5, 0.6) is 0 Å². The third kappa shape index (κ3) is 8.00. The second kappa shape index (κ2) is 8.21. The lowest BCUT2D eigenvalue weighted by Gasteiger charge is -2.22. The van der Waals surface area contributed by atoms with Crippen LogP contribution in [-0.4, -0.2) is 47.7 Å². The summed E-state index contributed by atoms with van der Waals surface area (Å²) in [4.78, 5) is 37.4. The minimum absolute atomic E-state index is 0.167. The maximum absolute atomic E-state index is 12.5. The van der Waals surface area contributed by atoms with Crippen LogP contribution < -0.4 is 5.32 Å². The number of hydrogen-bond donors (Lipinski definition) is 1. The van der Waals surface area contributed by atoms with Gasteiger partial charge in [-0.3, -0.25) is 14.9 Å². The number of nitrogens with zero attached hydrogens (tertiary/aromatic N) is 1. The zero-order valence-corrected chi connectivity index (χ0v) is 16.5. The van der Waals surface area contributed by atoms with E-state index in [9.17, 15) is 14.4 Å². The number of carbonyl (C=O) groups excluding carboxylic acids is 3. The fraction of sp³-hybridized carbons (Fsp3) is 0.526. The summed E-state index contributed by atoms with van der Waals surface area (Å²) >= 11 is 0. The number of anilines is 1. The lowest BCUT2D eigenvalue weighted by Crippen LogP contribution is -2.36. The zero-order chi connectivity index (χ0) is 20.1. The molecule has 1 aromatic carbocycles. The summed E-state index contributed by atoms with van der Waals surface area (Å²) in [6, 6.07) is 6.42. The Labute approximate surface area is 154 Å². The summed E-state index contributed by atoms with van der Waals surface area (Å²) in [6.07, 6.45) is -0.607. The van der Waals surface area contributed by atoms with Crippen LogP contribution in [0.4, 0.5) is 10.5 Å². The van der Waals surface area contributed by atoms with Gasteiger partial charge < -0.3 is 14.4 Å². The second-order valence-corrected chi connectivity index (χ2v) is 7.96. The Morgan fingerprint density at radius 3 is 2.12 bits per heavy atom. The van der Waals surface area contributed by atoms with E-state index in [1.54, 1.807) is 59.7 Å². The van der Waals surface area contributed by atoms with Crippen molar-refractivity contribution in [3.8, 4) is 0 Å². The van der Waals surface area contributed by atoms with Crippen molar-refractivity contribution in [2.45, 2.75) is 52.7 Å². The highest BCUT2D eigenvalue weighted by Gasteiger charge is 2.21. The quantitative estimate of drug-likeness (QED) is 0.827. The number of hydrogen-bond acceptors (Lipinski definition) is 5. The third-order valence-electron chi connectivity index (χ3n) is 2.89. The SMILES string of the molecule is CN(CC(=O)OC(C)(C)C)C(=O)c1cccc(NC(=O)OC(C)(C)C)c1. The van der Waals surface area contributed by atoms with Gasteiger partial charge in [0.25, 0.3) is 5.91 Å². The number of benzene rings is 1. The van der Waals surface area contributed by atoms with Gasteiger partial charge >= 0.3 is 12.1 Å². The van der Waals surface area contributed by atoms with Gasteiger partial charge in [-0.05, 0) is 59.7 Å². The fourth-order valence-electron chi connectivity index (χ4n) is 2.01. The molecule has 1 N–H and O–H groups in total. The first-order valence-electron chi connectivity index (χ1n) is 8.34. The molecule has 0 aromatic heterocycles. The van der Waals surface area contributed by atoms with E-state index in [-0.39, 0.29) is 12.5 Å². The van der Waals surface area contributed by atoms with E-state index in [0.717, 1.165) is 0 Å². The molecular weight excluding hydrogens is 336 g/mol. The molecule has 0 saturated carbocycles. The smallest absolute Gasteiger partial charge is 0.412 e. The number of carbonyl (C=O) groups is 3. The molecule has 2 amide bonds. The van der Waals surface area contributed by atoms with Crippen molar-refractivity contribution in [3.05, 3.63) is 29.8 Å². The van der Waals surface area contributed by atoms with E-state index >= 15 is 0 Å². The highest BCUT2D eigenvalue weighted by molar-refractivity contribution is 5.97. The fourth-order valence-corrected chi connectivity index (χ4v) is 2.01. The molecule has 144 valence electrons. The molecule has 0 fully saturated rings. The molecule has 7 nitrogen and oxygen atoms in total. The summed E-state index contributed by atoms with van der Waals surface area (Å²) in [7, 11) is 1.51. The van der Waals surface area contributed by atoms with Crippen LogP contribution in [-0.2, 0) is 14.3 Å². The summed E-state index contributed by atoms with van der Waals surface area (Å²) in [5, 5.41) is 2.58. The summed E-state index contributed by atoms with van der Waals surface area (Å²) in [5.74, 6) is -0.847. The minimum Gasteiger partial charge on any atom is -0.459 e. The van der Waals surface area contributed by atoms with E-state index in [1.165, 1.54) is 18.0 Å². The topological polar surface area (TPSA) is 84.9 Å². The Kier molecular flexibility index (Phi) is 6.78. The highest BCUT2D eigenvalue weighted by Crippen LogP contribution is 2.15. The first-order chi connectivity index (χ1) is 11.8. The molecule has 0 aliphatic heterocycles. The number of rotatable bonds is 4. The monoisotopic (exact) mass is 364 g/mol. The first kappa shape index (κ1) is 21.5. The van der Waals surface area contributed by atoms with Crippen molar-refractivity contribution < 1.29 is 23.9 Å². The number of ether oxygens (including phenoxy) is 2. The van der Waals surface area contributed by atoms with Gasteiger partial charge in [-0.1, -0.05) is 6.07 Å². The van der Waals surface area contributed by atoms with Gasteiger partial charge in [-0.2, -0.15) is 0 Å². The Morgan fingerprint density at radius 1 is 1.00 bits per heavy atom. The summed E-state index contributed by atoms with van der Waals surface area (Å²) in [5.41, 5.74) is -0.469. The predicted molar refractivity (Wildman–Crippen MR) is 99.1 cm³/mol. The van der Waals surface area contributed by atoms with E-state index < -0.39 is 23.3 Å². The van der Waals surface area contributed by atoms with Crippen molar-refractivity contribution >= 4 is 23.7 Å². The molecular formula is C19H28N2O5. The number of esters is 1. The van der Waals surface area contributed by atoms with Crippen LogP contribution in [0.15, 0.2) is 24.3 Å². The average molecular weight is 364 g/mol.